The van der Waals surface area contributed by atoms with Gasteiger partial charge in [0.15, 0.2) is 0 Å². The zero-order valence-corrected chi connectivity index (χ0v) is 11.6. The Labute approximate surface area is 119 Å². The van der Waals surface area contributed by atoms with Gasteiger partial charge in [0.2, 0.25) is 0 Å². The molecular weight excluding hydrogens is 250 g/mol. The summed E-state index contributed by atoms with van der Waals surface area (Å²) in [5.74, 6) is 5.78. The van der Waals surface area contributed by atoms with Crippen molar-refractivity contribution >= 4 is 10.8 Å². The summed E-state index contributed by atoms with van der Waals surface area (Å²) in [7, 11) is 0. The van der Waals surface area contributed by atoms with E-state index in [1.807, 2.05) is 18.5 Å². The van der Waals surface area contributed by atoms with Crippen LogP contribution in [0.5, 0.6) is 0 Å². The highest BCUT2D eigenvalue weighted by atomic mass is 16.5. The highest BCUT2D eigenvalue weighted by molar-refractivity contribution is 5.85. The van der Waals surface area contributed by atoms with E-state index in [4.69, 9.17) is 10.6 Å². The van der Waals surface area contributed by atoms with E-state index in [1.165, 1.54) is 18.2 Å². The average molecular weight is 271 g/mol. The van der Waals surface area contributed by atoms with Gasteiger partial charge in [-0.15, -0.1) is 0 Å². The van der Waals surface area contributed by atoms with Gasteiger partial charge in [-0.1, -0.05) is 24.3 Å². The maximum Gasteiger partial charge on any atom is 0.0593 e. The van der Waals surface area contributed by atoms with Crippen LogP contribution in [0.3, 0.4) is 0 Å². The maximum absolute atomic E-state index is 5.83. The second kappa shape index (κ2) is 6.31. The van der Waals surface area contributed by atoms with E-state index in [0.29, 0.717) is 6.10 Å². The summed E-state index contributed by atoms with van der Waals surface area (Å²) in [5.41, 5.74) is 4.09. The zero-order chi connectivity index (χ0) is 13.8. The Morgan fingerprint density at radius 3 is 3.00 bits per heavy atom. The first-order valence-corrected chi connectivity index (χ1v) is 7.29. The normalized spacial score (nSPS) is 20.9. The Balaban J connectivity index is 1.86. The van der Waals surface area contributed by atoms with Crippen LogP contribution in [0.4, 0.5) is 0 Å². The van der Waals surface area contributed by atoms with Crippen LogP contribution in [0.1, 0.15) is 37.3 Å². The Morgan fingerprint density at radius 2 is 2.20 bits per heavy atom. The number of fused-ring (bicyclic) bond motifs is 1. The summed E-state index contributed by atoms with van der Waals surface area (Å²) < 4.78 is 5.83. The number of pyridine rings is 1. The van der Waals surface area contributed by atoms with Crippen LogP contribution in [0, 0.1) is 0 Å². The van der Waals surface area contributed by atoms with E-state index in [9.17, 15) is 0 Å². The Bertz CT molecular complexity index is 561. The first-order valence-electron chi connectivity index (χ1n) is 7.29. The third kappa shape index (κ3) is 2.82. The molecule has 2 unspecified atom stereocenters. The lowest BCUT2D eigenvalue weighted by atomic mass is 9.95. The van der Waals surface area contributed by atoms with Gasteiger partial charge in [0.25, 0.3) is 0 Å². The first kappa shape index (κ1) is 13.5. The predicted octanol–water partition coefficient (Wildman–Crippen LogP) is 2.70. The van der Waals surface area contributed by atoms with Crippen molar-refractivity contribution in [3.63, 3.8) is 0 Å². The second-order valence-corrected chi connectivity index (χ2v) is 5.39. The molecule has 0 saturated carbocycles. The predicted molar refractivity (Wildman–Crippen MR) is 80.0 cm³/mol. The molecule has 2 atom stereocenters. The van der Waals surface area contributed by atoms with E-state index in [2.05, 4.69) is 28.6 Å². The lowest BCUT2D eigenvalue weighted by Gasteiger charge is -2.27. The van der Waals surface area contributed by atoms with E-state index < -0.39 is 0 Å². The molecule has 0 amide bonds. The molecule has 106 valence electrons. The fourth-order valence-electron chi connectivity index (χ4n) is 2.96. The number of hydrazine groups is 1. The van der Waals surface area contributed by atoms with Crippen molar-refractivity contribution in [1.29, 1.82) is 0 Å². The van der Waals surface area contributed by atoms with Crippen LogP contribution in [-0.2, 0) is 4.74 Å². The van der Waals surface area contributed by atoms with Gasteiger partial charge in [0.05, 0.1) is 12.1 Å². The average Bonchev–Trinajstić information content (AvgIpc) is 2.53. The van der Waals surface area contributed by atoms with E-state index in [1.54, 1.807) is 0 Å². The highest BCUT2D eigenvalue weighted by Gasteiger charge is 2.21. The standard InChI is InChI=1S/C16H21N3O/c17-19-16(9-13-6-3-4-8-20-13)15-11-18-10-12-5-1-2-7-14(12)15/h1-2,5,7,10-11,13,16,19H,3-4,6,8-9,17H2. The van der Waals surface area contributed by atoms with Crippen LogP contribution in [0.2, 0.25) is 0 Å². The Morgan fingerprint density at radius 1 is 1.30 bits per heavy atom. The minimum atomic E-state index is 0.0803. The third-order valence-corrected chi connectivity index (χ3v) is 4.05. The monoisotopic (exact) mass is 271 g/mol. The van der Waals surface area contributed by atoms with Gasteiger partial charge in [0.1, 0.15) is 0 Å². The number of nitrogens with two attached hydrogens (primary N) is 1. The smallest absolute Gasteiger partial charge is 0.0593 e. The van der Waals surface area contributed by atoms with Crippen molar-refractivity contribution in [1.82, 2.24) is 10.4 Å². The molecule has 4 nitrogen and oxygen atoms in total. The quantitative estimate of drug-likeness (QED) is 0.663. The summed E-state index contributed by atoms with van der Waals surface area (Å²) in [6.07, 6.45) is 8.54. The van der Waals surface area contributed by atoms with Crippen molar-refractivity contribution in [2.45, 2.75) is 37.8 Å². The molecule has 1 aromatic heterocycles. The molecule has 2 heterocycles. The molecule has 1 aliphatic heterocycles. The van der Waals surface area contributed by atoms with Crippen LogP contribution in [0.15, 0.2) is 36.7 Å². The molecule has 3 rings (SSSR count). The molecule has 3 N–H and O–H groups in total. The topological polar surface area (TPSA) is 60.2 Å². The van der Waals surface area contributed by atoms with Crippen molar-refractivity contribution < 1.29 is 4.74 Å². The molecule has 0 bridgehead atoms. The minimum absolute atomic E-state index is 0.0803. The zero-order valence-electron chi connectivity index (χ0n) is 11.6. The number of hydrogen-bond donors (Lipinski definition) is 2. The van der Waals surface area contributed by atoms with Crippen molar-refractivity contribution in [3.05, 3.63) is 42.2 Å². The molecule has 1 aromatic carbocycles. The van der Waals surface area contributed by atoms with Gasteiger partial charge >= 0.3 is 0 Å². The molecule has 2 aromatic rings. The summed E-state index contributed by atoms with van der Waals surface area (Å²) in [6.45, 7) is 0.871. The van der Waals surface area contributed by atoms with Gasteiger partial charge < -0.3 is 4.74 Å². The van der Waals surface area contributed by atoms with Crippen molar-refractivity contribution in [2.24, 2.45) is 5.84 Å². The number of nitrogens with zero attached hydrogens (tertiary/aromatic N) is 1. The summed E-state index contributed by atoms with van der Waals surface area (Å²) in [5, 5.41) is 2.36. The van der Waals surface area contributed by atoms with Gasteiger partial charge in [-0.25, -0.2) is 0 Å². The highest BCUT2D eigenvalue weighted by Crippen LogP contribution is 2.28. The molecule has 1 saturated heterocycles. The molecule has 4 heteroatoms. The number of rotatable bonds is 4. The number of nitrogens with one attached hydrogen (secondary N) is 1. The largest absolute Gasteiger partial charge is 0.378 e. The lowest BCUT2D eigenvalue weighted by molar-refractivity contribution is 0.00509. The number of ether oxygens (including phenoxy) is 1. The van der Waals surface area contributed by atoms with Gasteiger partial charge in [-0.3, -0.25) is 16.3 Å². The molecule has 20 heavy (non-hydrogen) atoms. The Kier molecular flexibility index (Phi) is 4.25. The van der Waals surface area contributed by atoms with E-state index >= 15 is 0 Å². The van der Waals surface area contributed by atoms with Gasteiger partial charge in [-0.05, 0) is 36.6 Å². The van der Waals surface area contributed by atoms with Crippen LogP contribution in [0.25, 0.3) is 10.8 Å². The molecular formula is C16H21N3O. The van der Waals surface area contributed by atoms with E-state index in [0.717, 1.165) is 30.4 Å². The minimum Gasteiger partial charge on any atom is -0.378 e. The van der Waals surface area contributed by atoms with E-state index in [-0.39, 0.29) is 6.04 Å². The summed E-state index contributed by atoms with van der Waals surface area (Å²) in [4.78, 5) is 4.34. The summed E-state index contributed by atoms with van der Waals surface area (Å²) in [6, 6.07) is 8.37. The fraction of sp³-hybridized carbons (Fsp3) is 0.438. The lowest BCUT2D eigenvalue weighted by Crippen LogP contribution is -2.33. The summed E-state index contributed by atoms with van der Waals surface area (Å²) >= 11 is 0. The van der Waals surface area contributed by atoms with Crippen molar-refractivity contribution in [2.75, 3.05) is 6.61 Å². The Hall–Kier alpha value is -1.49. The molecule has 1 fully saturated rings. The van der Waals surface area contributed by atoms with Crippen molar-refractivity contribution in [3.8, 4) is 0 Å². The van der Waals surface area contributed by atoms with Gasteiger partial charge in [0, 0.05) is 24.4 Å². The van der Waals surface area contributed by atoms with Crippen LogP contribution >= 0.6 is 0 Å². The fourth-order valence-corrected chi connectivity index (χ4v) is 2.96. The SMILES string of the molecule is NNC(CC1CCCCO1)c1cncc2ccccc12. The van der Waals surface area contributed by atoms with Crippen LogP contribution < -0.4 is 11.3 Å². The number of aromatic nitrogens is 1. The molecule has 0 radical (unpaired) electrons. The molecule has 0 spiro atoms. The second-order valence-electron chi connectivity index (χ2n) is 5.39. The third-order valence-electron chi connectivity index (χ3n) is 4.05. The molecule has 0 aliphatic carbocycles. The van der Waals surface area contributed by atoms with Crippen LogP contribution in [-0.4, -0.2) is 17.7 Å². The number of hydrogen-bond acceptors (Lipinski definition) is 4. The first-order chi connectivity index (χ1) is 9.88. The van der Waals surface area contributed by atoms with Gasteiger partial charge in [-0.2, -0.15) is 0 Å². The number of benzene rings is 1. The molecule has 1 aliphatic rings. The maximum atomic E-state index is 5.83.